The number of aryl methyl sites for hydroxylation is 2. The fraction of sp³-hybridized carbons (Fsp3) is 0.280. The number of nitrogens with one attached hydrogen (secondary N) is 2. The van der Waals surface area contributed by atoms with Crippen molar-refractivity contribution in [3.63, 3.8) is 0 Å². The Morgan fingerprint density at radius 1 is 1.06 bits per heavy atom. The second kappa shape index (κ2) is 7.75. The Kier molecular flexibility index (Phi) is 4.89. The molecule has 3 aromatic heterocycles. The van der Waals surface area contributed by atoms with E-state index in [1.807, 2.05) is 44.2 Å². The number of pyridine rings is 2. The van der Waals surface area contributed by atoms with Gasteiger partial charge in [0.15, 0.2) is 5.65 Å². The molecule has 4 aromatic rings. The third-order valence-corrected chi connectivity index (χ3v) is 6.19. The number of aromatic nitrogens is 3. The molecular formula is C25H25N5O2. The van der Waals surface area contributed by atoms with Gasteiger partial charge >= 0.3 is 0 Å². The molecule has 3 heterocycles. The Morgan fingerprint density at radius 3 is 2.47 bits per heavy atom. The van der Waals surface area contributed by atoms with Gasteiger partial charge < -0.3 is 5.32 Å². The molecule has 1 aliphatic rings. The molecule has 0 saturated heterocycles. The van der Waals surface area contributed by atoms with Crippen molar-refractivity contribution in [3.05, 3.63) is 81.2 Å². The van der Waals surface area contributed by atoms with Crippen molar-refractivity contribution >= 4 is 22.6 Å². The van der Waals surface area contributed by atoms with Crippen molar-refractivity contribution in [1.82, 2.24) is 19.3 Å². The van der Waals surface area contributed by atoms with Gasteiger partial charge in [-0.3, -0.25) is 24.0 Å². The second-order valence-electron chi connectivity index (χ2n) is 8.62. The van der Waals surface area contributed by atoms with Crippen LogP contribution in [0.1, 0.15) is 47.2 Å². The van der Waals surface area contributed by atoms with Crippen LogP contribution in [-0.4, -0.2) is 25.9 Å². The smallest absolute Gasteiger partial charge is 0.267 e. The summed E-state index contributed by atoms with van der Waals surface area (Å²) in [6, 6.07) is 13.0. The largest absolute Gasteiger partial charge is 0.349 e. The number of amides is 1. The van der Waals surface area contributed by atoms with Crippen LogP contribution in [0.3, 0.4) is 0 Å². The van der Waals surface area contributed by atoms with Gasteiger partial charge in [0.25, 0.3) is 11.5 Å². The Labute approximate surface area is 184 Å². The number of carbonyl (C=O) groups excluding carboxylic acids is 1. The predicted octanol–water partition coefficient (Wildman–Crippen LogP) is 3.41. The Hall–Kier alpha value is -3.74. The molecule has 0 atom stereocenters. The second-order valence-corrected chi connectivity index (χ2v) is 8.62. The molecule has 7 heteroatoms. The van der Waals surface area contributed by atoms with E-state index in [2.05, 4.69) is 5.32 Å². The van der Waals surface area contributed by atoms with Gasteiger partial charge in [-0.05, 0) is 56.5 Å². The number of nitrogens with zero attached hydrogens (tertiary/aromatic N) is 3. The third kappa shape index (κ3) is 3.39. The fourth-order valence-electron chi connectivity index (χ4n) is 4.43. The highest BCUT2D eigenvalue weighted by Crippen LogP contribution is 2.19. The van der Waals surface area contributed by atoms with E-state index in [1.165, 1.54) is 10.5 Å². The van der Waals surface area contributed by atoms with Gasteiger partial charge in [-0.1, -0.05) is 36.6 Å². The van der Waals surface area contributed by atoms with Crippen LogP contribution in [0.25, 0.3) is 22.4 Å². The highest BCUT2D eigenvalue weighted by atomic mass is 16.2. The van der Waals surface area contributed by atoms with Gasteiger partial charge in [-0.2, -0.15) is 0 Å². The van der Waals surface area contributed by atoms with Crippen molar-refractivity contribution < 1.29 is 4.79 Å². The molecule has 1 amide bonds. The molecule has 1 aliphatic carbocycles. The minimum Gasteiger partial charge on any atom is -0.349 e. The number of carbonyl (C=O) groups is 1. The standard InChI is InChI=1S/C25H25N5O2/c1-15-7-10-18(11-8-15)30-22(26)19(24(31)27-17-5-3-4-6-17)13-20-23(30)28-21-12-9-16(2)14-29(21)25(20)32/h7-14,17,26H,3-6H2,1-2H3,(H,27,31). The number of rotatable bonds is 3. The molecule has 0 radical (unpaired) electrons. The molecule has 0 aliphatic heterocycles. The van der Waals surface area contributed by atoms with E-state index in [0.29, 0.717) is 22.4 Å². The van der Waals surface area contributed by atoms with E-state index in [-0.39, 0.29) is 28.6 Å². The lowest BCUT2D eigenvalue weighted by Crippen LogP contribution is -2.38. The maximum absolute atomic E-state index is 13.4. The molecule has 1 aromatic carbocycles. The van der Waals surface area contributed by atoms with Crippen LogP contribution in [0.15, 0.2) is 53.5 Å². The predicted molar refractivity (Wildman–Crippen MR) is 123 cm³/mol. The van der Waals surface area contributed by atoms with Crippen LogP contribution in [0.2, 0.25) is 0 Å². The van der Waals surface area contributed by atoms with Gasteiger partial charge in [0.2, 0.25) is 0 Å². The van der Waals surface area contributed by atoms with E-state index >= 15 is 0 Å². The molecule has 2 N–H and O–H groups in total. The summed E-state index contributed by atoms with van der Waals surface area (Å²) < 4.78 is 3.10. The Bertz CT molecular complexity index is 1480. The number of hydrogen-bond acceptors (Lipinski definition) is 4. The van der Waals surface area contributed by atoms with Crippen LogP contribution in [0.4, 0.5) is 0 Å². The lowest BCUT2D eigenvalue weighted by atomic mass is 10.1. The monoisotopic (exact) mass is 427 g/mol. The van der Waals surface area contributed by atoms with Crippen LogP contribution in [0.5, 0.6) is 0 Å². The zero-order chi connectivity index (χ0) is 22.4. The van der Waals surface area contributed by atoms with Gasteiger partial charge in [0.05, 0.1) is 10.9 Å². The average molecular weight is 428 g/mol. The summed E-state index contributed by atoms with van der Waals surface area (Å²) in [5, 5.41) is 12.2. The molecule has 7 nitrogen and oxygen atoms in total. The van der Waals surface area contributed by atoms with E-state index in [0.717, 1.165) is 36.8 Å². The zero-order valence-electron chi connectivity index (χ0n) is 18.2. The topological polar surface area (TPSA) is 92.2 Å². The SMILES string of the molecule is Cc1ccc(-n2c(=N)c(C(=O)NC3CCCC3)cc3c(=O)n4cc(C)ccc4nc32)cc1. The zero-order valence-corrected chi connectivity index (χ0v) is 18.2. The van der Waals surface area contributed by atoms with E-state index < -0.39 is 0 Å². The summed E-state index contributed by atoms with van der Waals surface area (Å²) in [5.41, 5.74) is 3.49. The number of fused-ring (bicyclic) bond motifs is 2. The first-order valence-corrected chi connectivity index (χ1v) is 10.9. The molecule has 0 spiro atoms. The molecule has 162 valence electrons. The van der Waals surface area contributed by atoms with Gasteiger partial charge in [0, 0.05) is 17.9 Å². The summed E-state index contributed by atoms with van der Waals surface area (Å²) in [6.45, 7) is 3.90. The first-order valence-electron chi connectivity index (χ1n) is 10.9. The van der Waals surface area contributed by atoms with Crippen LogP contribution < -0.4 is 16.4 Å². The fourth-order valence-corrected chi connectivity index (χ4v) is 4.43. The van der Waals surface area contributed by atoms with Crippen molar-refractivity contribution in [2.45, 2.75) is 45.6 Å². The van der Waals surface area contributed by atoms with Crippen LogP contribution >= 0.6 is 0 Å². The molecule has 0 bridgehead atoms. The number of hydrogen-bond donors (Lipinski definition) is 2. The highest BCUT2D eigenvalue weighted by Gasteiger charge is 2.22. The van der Waals surface area contributed by atoms with Gasteiger partial charge in [-0.25, -0.2) is 4.98 Å². The van der Waals surface area contributed by atoms with Crippen LogP contribution in [-0.2, 0) is 0 Å². The summed E-state index contributed by atoms with van der Waals surface area (Å²) >= 11 is 0. The highest BCUT2D eigenvalue weighted by molar-refractivity contribution is 5.97. The van der Waals surface area contributed by atoms with Crippen molar-refractivity contribution in [2.75, 3.05) is 0 Å². The van der Waals surface area contributed by atoms with E-state index in [9.17, 15) is 9.59 Å². The van der Waals surface area contributed by atoms with E-state index in [4.69, 9.17) is 10.4 Å². The summed E-state index contributed by atoms with van der Waals surface area (Å²) in [4.78, 5) is 31.3. The molecule has 32 heavy (non-hydrogen) atoms. The first kappa shape index (κ1) is 20.2. The van der Waals surface area contributed by atoms with Crippen molar-refractivity contribution in [3.8, 4) is 5.69 Å². The quantitative estimate of drug-likeness (QED) is 0.491. The molecule has 1 saturated carbocycles. The Morgan fingerprint density at radius 2 is 1.75 bits per heavy atom. The third-order valence-electron chi connectivity index (χ3n) is 6.19. The normalized spacial score (nSPS) is 14.3. The van der Waals surface area contributed by atoms with E-state index in [1.54, 1.807) is 16.8 Å². The molecular weight excluding hydrogens is 402 g/mol. The molecule has 5 rings (SSSR count). The van der Waals surface area contributed by atoms with Gasteiger partial charge in [-0.15, -0.1) is 0 Å². The van der Waals surface area contributed by atoms with Crippen molar-refractivity contribution in [2.24, 2.45) is 0 Å². The average Bonchev–Trinajstić information content (AvgIpc) is 3.28. The summed E-state index contributed by atoms with van der Waals surface area (Å²) in [6.07, 6.45) is 5.82. The lowest BCUT2D eigenvalue weighted by molar-refractivity contribution is 0.0935. The molecule has 1 fully saturated rings. The molecule has 0 unspecified atom stereocenters. The number of benzene rings is 1. The van der Waals surface area contributed by atoms with Crippen molar-refractivity contribution in [1.29, 1.82) is 5.41 Å². The Balaban J connectivity index is 1.82. The maximum atomic E-state index is 13.4. The summed E-state index contributed by atoms with van der Waals surface area (Å²) in [7, 11) is 0. The minimum atomic E-state index is -0.321. The minimum absolute atomic E-state index is 0.0141. The lowest BCUT2D eigenvalue weighted by Gasteiger charge is -2.17. The maximum Gasteiger partial charge on any atom is 0.267 e. The van der Waals surface area contributed by atoms with Crippen LogP contribution in [0, 0.1) is 19.3 Å². The first-order chi connectivity index (χ1) is 15.4. The van der Waals surface area contributed by atoms with Gasteiger partial charge in [0.1, 0.15) is 11.1 Å². The summed E-state index contributed by atoms with van der Waals surface area (Å²) in [5.74, 6) is -0.321.